The van der Waals surface area contributed by atoms with Crippen LogP contribution in [-0.2, 0) is 17.8 Å². The first-order chi connectivity index (χ1) is 10.4. The first kappa shape index (κ1) is 17.1. The van der Waals surface area contributed by atoms with Gasteiger partial charge >= 0.3 is 5.97 Å². The minimum atomic E-state index is -0.891. The Labute approximate surface area is 144 Å². The molecule has 0 saturated heterocycles. The van der Waals surface area contributed by atoms with E-state index in [1.54, 1.807) is 12.1 Å². The topological polar surface area (TPSA) is 62.5 Å². The third-order valence-electron chi connectivity index (χ3n) is 3.07. The molecule has 2 aromatic rings. The number of hydrogen-bond donors (Lipinski definition) is 2. The van der Waals surface area contributed by atoms with Crippen LogP contribution in [0.4, 0.5) is 4.39 Å². The molecule has 0 bridgehead atoms. The van der Waals surface area contributed by atoms with Gasteiger partial charge in [-0.2, -0.15) is 0 Å². The summed E-state index contributed by atoms with van der Waals surface area (Å²) in [6.45, 7) is 0.328. The molecular weight excluding hydrogens is 393 g/mol. The van der Waals surface area contributed by atoms with Gasteiger partial charge in [0.25, 0.3) is 0 Å². The maximum Gasteiger partial charge on any atom is 0.303 e. The molecule has 0 spiro atoms. The van der Waals surface area contributed by atoms with Crippen molar-refractivity contribution in [2.75, 3.05) is 0 Å². The predicted molar refractivity (Wildman–Crippen MR) is 88.6 cm³/mol. The predicted octanol–water partition coefficient (Wildman–Crippen LogP) is 4.34. The molecule has 0 amide bonds. The van der Waals surface area contributed by atoms with Crippen molar-refractivity contribution in [1.29, 1.82) is 0 Å². The number of carboxylic acid groups (broad SMARTS) is 1. The Morgan fingerprint density at radius 3 is 2.86 bits per heavy atom. The van der Waals surface area contributed by atoms with Crippen molar-refractivity contribution in [2.45, 2.75) is 25.8 Å². The zero-order valence-electron chi connectivity index (χ0n) is 11.4. The first-order valence-corrected chi connectivity index (χ1v) is 8.47. The van der Waals surface area contributed by atoms with Gasteiger partial charge in [-0.05, 0) is 42.4 Å². The van der Waals surface area contributed by atoms with Crippen LogP contribution in [0.1, 0.15) is 23.3 Å². The van der Waals surface area contributed by atoms with E-state index in [0.717, 1.165) is 4.47 Å². The summed E-state index contributed by atoms with van der Waals surface area (Å²) in [6, 6.07) is 4.63. The molecule has 0 radical (unpaired) electrons. The van der Waals surface area contributed by atoms with Gasteiger partial charge in [0.05, 0.1) is 4.88 Å². The average molecular weight is 406 g/mol. The van der Waals surface area contributed by atoms with E-state index >= 15 is 0 Å². The zero-order valence-corrected chi connectivity index (χ0v) is 14.6. The molecule has 0 aliphatic heterocycles. The van der Waals surface area contributed by atoms with Crippen molar-refractivity contribution in [3.63, 3.8) is 0 Å². The van der Waals surface area contributed by atoms with Gasteiger partial charge in [-0.25, -0.2) is 4.39 Å². The van der Waals surface area contributed by atoms with E-state index < -0.39 is 5.97 Å². The number of carbonyl (C=O) groups is 1. The summed E-state index contributed by atoms with van der Waals surface area (Å²) in [5.74, 6) is -1.25. The molecule has 2 rings (SSSR count). The molecule has 1 heterocycles. The molecule has 0 aliphatic carbocycles. The van der Waals surface area contributed by atoms with Crippen LogP contribution in [-0.4, -0.2) is 20.7 Å². The molecule has 2 N–H and O–H groups in total. The number of aliphatic carboxylic acids is 1. The second-order valence-electron chi connectivity index (χ2n) is 4.68. The van der Waals surface area contributed by atoms with Crippen molar-refractivity contribution < 1.29 is 19.4 Å². The van der Waals surface area contributed by atoms with Crippen LogP contribution in [0.5, 0.6) is 5.88 Å². The normalized spacial score (nSPS) is 10.8. The SMILES string of the molecule is O=C(O)CCCn1c(O)c(Cc2cc(Br)ccc2F)sc1=S. The van der Waals surface area contributed by atoms with Crippen molar-refractivity contribution in [2.24, 2.45) is 0 Å². The maximum atomic E-state index is 13.8. The molecule has 8 heteroatoms. The fraction of sp³-hybridized carbons (Fsp3) is 0.286. The van der Waals surface area contributed by atoms with Gasteiger partial charge in [-0.15, -0.1) is 11.3 Å². The summed E-state index contributed by atoms with van der Waals surface area (Å²) >= 11 is 9.68. The number of hydrogen-bond acceptors (Lipinski definition) is 4. The molecule has 1 aromatic carbocycles. The molecule has 0 atom stereocenters. The Kier molecular flexibility index (Phi) is 5.71. The van der Waals surface area contributed by atoms with E-state index in [0.29, 0.717) is 27.4 Å². The number of aromatic nitrogens is 1. The van der Waals surface area contributed by atoms with Gasteiger partial charge in [-0.1, -0.05) is 15.9 Å². The molecule has 22 heavy (non-hydrogen) atoms. The molecule has 0 fully saturated rings. The smallest absolute Gasteiger partial charge is 0.303 e. The largest absolute Gasteiger partial charge is 0.494 e. The van der Waals surface area contributed by atoms with Gasteiger partial charge in [0.2, 0.25) is 5.88 Å². The van der Waals surface area contributed by atoms with E-state index in [1.165, 1.54) is 22.0 Å². The van der Waals surface area contributed by atoms with E-state index in [2.05, 4.69) is 15.9 Å². The Morgan fingerprint density at radius 1 is 1.45 bits per heavy atom. The van der Waals surface area contributed by atoms with Crippen LogP contribution in [0, 0.1) is 9.77 Å². The number of aromatic hydroxyl groups is 1. The third kappa shape index (κ3) is 4.15. The number of benzene rings is 1. The summed E-state index contributed by atoms with van der Waals surface area (Å²) in [5.41, 5.74) is 0.457. The van der Waals surface area contributed by atoms with Gasteiger partial charge < -0.3 is 10.2 Å². The van der Waals surface area contributed by atoms with E-state index in [-0.39, 0.29) is 24.5 Å². The second kappa shape index (κ2) is 7.34. The summed E-state index contributed by atoms with van der Waals surface area (Å²) in [5, 5.41) is 18.9. The fourth-order valence-electron chi connectivity index (χ4n) is 2.00. The lowest BCUT2D eigenvalue weighted by Gasteiger charge is -2.05. The number of nitrogens with zero attached hydrogens (tertiary/aromatic N) is 1. The van der Waals surface area contributed by atoms with E-state index in [1.807, 2.05) is 0 Å². The minimum absolute atomic E-state index is 0.00660. The Balaban J connectivity index is 2.20. The molecule has 0 saturated carbocycles. The molecule has 0 aliphatic rings. The van der Waals surface area contributed by atoms with Crippen molar-refractivity contribution >= 4 is 45.5 Å². The van der Waals surface area contributed by atoms with Crippen molar-refractivity contribution in [3.8, 4) is 5.88 Å². The number of carboxylic acids is 1. The molecule has 118 valence electrons. The van der Waals surface area contributed by atoms with Crippen LogP contribution in [0.2, 0.25) is 0 Å². The minimum Gasteiger partial charge on any atom is -0.494 e. The zero-order chi connectivity index (χ0) is 16.3. The van der Waals surface area contributed by atoms with E-state index in [9.17, 15) is 14.3 Å². The van der Waals surface area contributed by atoms with Gasteiger partial charge in [0.15, 0.2) is 3.95 Å². The lowest BCUT2D eigenvalue weighted by molar-refractivity contribution is -0.137. The molecular formula is C14H13BrFNO3S2. The number of halogens is 2. The van der Waals surface area contributed by atoms with Gasteiger partial charge in [-0.3, -0.25) is 9.36 Å². The number of rotatable bonds is 6. The highest BCUT2D eigenvalue weighted by atomic mass is 79.9. The molecule has 4 nitrogen and oxygen atoms in total. The van der Waals surface area contributed by atoms with Gasteiger partial charge in [0.1, 0.15) is 5.82 Å². The maximum absolute atomic E-state index is 13.8. The van der Waals surface area contributed by atoms with Crippen molar-refractivity contribution in [1.82, 2.24) is 4.57 Å². The highest BCUT2D eigenvalue weighted by Gasteiger charge is 2.14. The Bertz CT molecular complexity index is 757. The van der Waals surface area contributed by atoms with Crippen molar-refractivity contribution in [3.05, 3.63) is 42.9 Å². The standard InChI is InChI=1S/C14H13BrFNO3S2/c15-9-3-4-10(16)8(6-9)7-11-13(20)17(14(21)22-11)5-1-2-12(18)19/h3-4,6,20H,1-2,5,7H2,(H,18,19). The third-order valence-corrected chi connectivity index (χ3v) is 5.00. The average Bonchev–Trinajstić information content (AvgIpc) is 2.70. The van der Waals surface area contributed by atoms with Crippen LogP contribution < -0.4 is 0 Å². The van der Waals surface area contributed by atoms with Crippen LogP contribution >= 0.6 is 39.5 Å². The quantitative estimate of drug-likeness (QED) is 0.701. The highest BCUT2D eigenvalue weighted by Crippen LogP contribution is 2.30. The summed E-state index contributed by atoms with van der Waals surface area (Å²) in [6.07, 6.45) is 0.614. The lowest BCUT2D eigenvalue weighted by atomic mass is 10.1. The Morgan fingerprint density at radius 2 is 2.18 bits per heavy atom. The molecule has 0 unspecified atom stereocenters. The summed E-state index contributed by atoms with van der Waals surface area (Å²) in [7, 11) is 0. The highest BCUT2D eigenvalue weighted by molar-refractivity contribution is 9.10. The lowest BCUT2D eigenvalue weighted by Crippen LogP contribution is -2.02. The summed E-state index contributed by atoms with van der Waals surface area (Å²) in [4.78, 5) is 11.1. The van der Waals surface area contributed by atoms with E-state index in [4.69, 9.17) is 17.3 Å². The van der Waals surface area contributed by atoms with Gasteiger partial charge in [0, 0.05) is 23.9 Å². The Hall–Kier alpha value is -1.25. The van der Waals surface area contributed by atoms with Crippen LogP contribution in [0.25, 0.3) is 0 Å². The van der Waals surface area contributed by atoms with Crippen LogP contribution in [0.15, 0.2) is 22.7 Å². The van der Waals surface area contributed by atoms with Crippen LogP contribution in [0.3, 0.4) is 0 Å². The summed E-state index contributed by atoms with van der Waals surface area (Å²) < 4.78 is 16.5. The molecule has 1 aromatic heterocycles. The number of thiazole rings is 1. The second-order valence-corrected chi connectivity index (χ2v) is 7.32. The first-order valence-electron chi connectivity index (χ1n) is 6.45. The monoisotopic (exact) mass is 405 g/mol. The fourth-order valence-corrected chi connectivity index (χ4v) is 3.81.